The molecule has 0 amide bonds. The van der Waals surface area contributed by atoms with Crippen LogP contribution in [0.2, 0.25) is 0 Å². The van der Waals surface area contributed by atoms with Crippen LogP contribution in [0.3, 0.4) is 0 Å². The molecule has 4 atom stereocenters. The maximum absolute atomic E-state index is 10.6. The van der Waals surface area contributed by atoms with E-state index < -0.39 is 39.0 Å². The van der Waals surface area contributed by atoms with Gasteiger partial charge in [-0.3, -0.25) is 4.57 Å². The lowest BCUT2D eigenvalue weighted by atomic mass is 10.1. The molecule has 154 valence electrons. The highest BCUT2D eigenvalue weighted by atomic mass is 31.2. The molecule has 0 bridgehead atoms. The molecule has 1 aliphatic heterocycles. The highest BCUT2D eigenvalue weighted by Gasteiger charge is 2.44. The van der Waals surface area contributed by atoms with Crippen molar-refractivity contribution < 1.29 is 33.8 Å². The van der Waals surface area contributed by atoms with Crippen LogP contribution in [0.25, 0.3) is 11.2 Å². The number of hydrogen-bond acceptors (Lipinski definition) is 11. The Morgan fingerprint density at radius 1 is 1.39 bits per heavy atom. The summed E-state index contributed by atoms with van der Waals surface area (Å²) < 4.78 is 21.7. The van der Waals surface area contributed by atoms with Gasteiger partial charge in [-0.2, -0.15) is 0 Å². The molecule has 0 radical (unpaired) electrons. The number of hydrogen-bond donors (Lipinski definition) is 3. The van der Waals surface area contributed by atoms with Crippen LogP contribution in [0.5, 0.6) is 0 Å². The Morgan fingerprint density at radius 3 is 2.82 bits per heavy atom. The van der Waals surface area contributed by atoms with Gasteiger partial charge in [-0.15, -0.1) is 6.58 Å². The molecule has 1 aliphatic rings. The van der Waals surface area contributed by atoms with Crippen molar-refractivity contribution in [2.45, 2.75) is 37.9 Å². The van der Waals surface area contributed by atoms with Crippen LogP contribution in [0.1, 0.15) is 19.6 Å². The average Bonchev–Trinajstić information content (AvgIpc) is 3.15. The second-order valence-corrected chi connectivity index (χ2v) is 7.62. The van der Waals surface area contributed by atoms with Gasteiger partial charge in [0.25, 0.3) is 0 Å². The van der Waals surface area contributed by atoms with Gasteiger partial charge >= 0.3 is 0 Å². The predicted octanol–water partition coefficient (Wildman–Crippen LogP) is -1.33. The Hall–Kier alpha value is -1.92. The number of fused-ring (bicyclic) bond motifs is 1. The minimum absolute atomic E-state index is 0.337. The monoisotopic (exact) mass is 413 g/mol. The Bertz CT molecular complexity index is 900. The van der Waals surface area contributed by atoms with E-state index in [0.29, 0.717) is 23.5 Å². The maximum Gasteiger partial charge on any atom is 0.167 e. The summed E-state index contributed by atoms with van der Waals surface area (Å²) in [6.07, 6.45) is -1.80. The molecule has 3 N–H and O–H groups in total. The van der Waals surface area contributed by atoms with E-state index in [1.54, 1.807) is 0 Å². The number of nitrogens with one attached hydrogen (secondary N) is 1. The molecular formula is C15H20N5O7P-2. The molecule has 2 aromatic heterocycles. The van der Waals surface area contributed by atoms with Crippen molar-refractivity contribution in [3.8, 4) is 0 Å². The zero-order chi connectivity index (χ0) is 20.5. The van der Waals surface area contributed by atoms with Crippen LogP contribution >= 0.6 is 7.82 Å². The van der Waals surface area contributed by atoms with Gasteiger partial charge in [0, 0.05) is 6.54 Å². The van der Waals surface area contributed by atoms with Gasteiger partial charge in [0.15, 0.2) is 23.2 Å². The topological polar surface area (TPSA) is 178 Å². The predicted molar refractivity (Wildman–Crippen MR) is 92.7 cm³/mol. The molecule has 12 nitrogen and oxygen atoms in total. The first-order chi connectivity index (χ1) is 13.2. The molecule has 13 heteroatoms. The van der Waals surface area contributed by atoms with Crippen molar-refractivity contribution in [3.63, 3.8) is 0 Å². The molecule has 3 heterocycles. The number of imidazole rings is 1. The summed E-state index contributed by atoms with van der Waals surface area (Å²) in [6, 6.07) is 0. The molecule has 0 aromatic carbocycles. The Kier molecular flexibility index (Phi) is 6.10. The molecule has 3 rings (SSSR count). The summed E-state index contributed by atoms with van der Waals surface area (Å²) in [5, 5.41) is 23.5. The summed E-state index contributed by atoms with van der Waals surface area (Å²) in [6.45, 7) is 5.62. The zero-order valence-electron chi connectivity index (χ0n) is 15.0. The van der Waals surface area contributed by atoms with E-state index in [-0.39, 0.29) is 0 Å². The van der Waals surface area contributed by atoms with Crippen LogP contribution in [0.15, 0.2) is 24.8 Å². The second kappa shape index (κ2) is 8.21. The average molecular weight is 413 g/mol. The highest BCUT2D eigenvalue weighted by Crippen LogP contribution is 2.34. The van der Waals surface area contributed by atoms with Crippen LogP contribution in [-0.2, 0) is 13.8 Å². The fourth-order valence-electron chi connectivity index (χ4n) is 2.82. The molecule has 4 unspecified atom stereocenters. The first-order valence-electron chi connectivity index (χ1n) is 8.41. The first kappa shape index (κ1) is 20.8. The lowest BCUT2D eigenvalue weighted by molar-refractivity contribution is -0.343. The van der Waals surface area contributed by atoms with Crippen molar-refractivity contribution in [3.05, 3.63) is 24.8 Å². The third-order valence-corrected chi connectivity index (χ3v) is 4.68. The van der Waals surface area contributed by atoms with Crippen molar-refractivity contribution in [1.29, 1.82) is 0 Å². The van der Waals surface area contributed by atoms with Crippen molar-refractivity contribution in [2.75, 3.05) is 18.5 Å². The fraction of sp³-hybridized carbons (Fsp3) is 0.533. The fourth-order valence-corrected chi connectivity index (χ4v) is 3.15. The highest BCUT2D eigenvalue weighted by molar-refractivity contribution is 7.43. The normalized spacial score (nSPS) is 25.3. The van der Waals surface area contributed by atoms with Crippen LogP contribution in [-0.4, -0.2) is 61.2 Å². The van der Waals surface area contributed by atoms with Gasteiger partial charge in [0.1, 0.15) is 24.6 Å². The molecule has 0 aliphatic carbocycles. The number of aliphatic hydroxyl groups excluding tert-OH is 2. The Balaban J connectivity index is 1.79. The third kappa shape index (κ3) is 4.55. The molecular weight excluding hydrogens is 393 g/mol. The van der Waals surface area contributed by atoms with Gasteiger partial charge in [-0.1, -0.05) is 5.57 Å². The van der Waals surface area contributed by atoms with Gasteiger partial charge in [0.05, 0.1) is 20.8 Å². The van der Waals surface area contributed by atoms with Crippen LogP contribution in [0, 0.1) is 0 Å². The number of aromatic nitrogens is 4. The molecule has 28 heavy (non-hydrogen) atoms. The lowest BCUT2D eigenvalue weighted by Crippen LogP contribution is -2.34. The van der Waals surface area contributed by atoms with E-state index in [4.69, 9.17) is 4.74 Å². The minimum atomic E-state index is -5.23. The number of anilines is 1. The van der Waals surface area contributed by atoms with Crippen molar-refractivity contribution in [2.24, 2.45) is 0 Å². The van der Waals surface area contributed by atoms with Gasteiger partial charge in [-0.05, 0) is 13.3 Å². The molecule has 0 spiro atoms. The molecule has 1 saturated heterocycles. The van der Waals surface area contributed by atoms with E-state index in [2.05, 4.69) is 31.4 Å². The summed E-state index contributed by atoms with van der Waals surface area (Å²) in [5.41, 5.74) is 1.77. The van der Waals surface area contributed by atoms with Crippen LogP contribution in [0.4, 0.5) is 5.82 Å². The standard InChI is InChI=1S/C15H22N5O7P/c1-8(2)3-4-16-13-10-14(18-6-17-13)20(7-19-10)15-12(22)11(21)9(27-15)5-26-28(23,24)25/h6-7,9,11-12,15,21-22H,1,3-5H2,2H3,(H,16,17,18)(H2,23,24,25)/p-2. The Morgan fingerprint density at radius 2 is 2.14 bits per heavy atom. The quantitative estimate of drug-likeness (QED) is 0.345. The van der Waals surface area contributed by atoms with Gasteiger partial charge in [-0.25, -0.2) is 15.0 Å². The lowest BCUT2D eigenvalue weighted by Gasteiger charge is -2.30. The first-order valence-corrected chi connectivity index (χ1v) is 9.87. The SMILES string of the molecule is C=C(C)CCNc1ncnc2c1ncn2C1OC(COP(=O)([O-])[O-])C(O)C1O. The van der Waals surface area contributed by atoms with Crippen LogP contribution < -0.4 is 15.1 Å². The summed E-state index contributed by atoms with van der Waals surface area (Å²) in [7, 11) is -5.23. The summed E-state index contributed by atoms with van der Waals surface area (Å²) in [4.78, 5) is 33.8. The largest absolute Gasteiger partial charge is 0.790 e. The van der Waals surface area contributed by atoms with Crippen molar-refractivity contribution in [1.82, 2.24) is 19.5 Å². The summed E-state index contributed by atoms with van der Waals surface area (Å²) in [5.74, 6) is 0.483. The number of nitrogens with zero attached hydrogens (tertiary/aromatic N) is 4. The van der Waals surface area contributed by atoms with Crippen molar-refractivity contribution >= 4 is 24.8 Å². The number of rotatable bonds is 8. The van der Waals surface area contributed by atoms with E-state index in [0.717, 1.165) is 12.0 Å². The minimum Gasteiger partial charge on any atom is -0.790 e. The van der Waals surface area contributed by atoms with E-state index in [1.807, 2.05) is 6.92 Å². The van der Waals surface area contributed by atoms with Gasteiger partial charge < -0.3 is 39.1 Å². The van der Waals surface area contributed by atoms with E-state index >= 15 is 0 Å². The number of phosphoric ester groups is 1. The summed E-state index contributed by atoms with van der Waals surface area (Å²) >= 11 is 0. The smallest absolute Gasteiger partial charge is 0.167 e. The Labute approximate surface area is 160 Å². The van der Waals surface area contributed by atoms with E-state index in [9.17, 15) is 24.6 Å². The molecule has 1 fully saturated rings. The second-order valence-electron chi connectivity index (χ2n) is 6.47. The molecule has 2 aromatic rings. The van der Waals surface area contributed by atoms with Gasteiger partial charge in [0.2, 0.25) is 0 Å². The number of aliphatic hydroxyl groups is 2. The van der Waals surface area contributed by atoms with E-state index in [1.165, 1.54) is 17.2 Å². The number of phosphoric acid groups is 1. The zero-order valence-corrected chi connectivity index (χ0v) is 15.9. The molecule has 0 saturated carbocycles. The number of ether oxygens (including phenoxy) is 1. The maximum atomic E-state index is 10.6. The third-order valence-electron chi connectivity index (χ3n) is 4.21.